The lowest BCUT2D eigenvalue weighted by atomic mass is 10.1. The zero-order valence-electron chi connectivity index (χ0n) is 12.1. The first kappa shape index (κ1) is 14.9. The van der Waals surface area contributed by atoms with E-state index in [4.69, 9.17) is 9.47 Å². The summed E-state index contributed by atoms with van der Waals surface area (Å²) >= 11 is 1.76. The van der Waals surface area contributed by atoms with Crippen LogP contribution in [-0.2, 0) is 16.0 Å². The van der Waals surface area contributed by atoms with Gasteiger partial charge in [0.25, 0.3) is 0 Å². The van der Waals surface area contributed by atoms with Gasteiger partial charge in [-0.3, -0.25) is 0 Å². The number of ether oxygens (including phenoxy) is 2. The molecule has 108 valence electrons. The average Bonchev–Trinajstić information content (AvgIpc) is 2.67. The summed E-state index contributed by atoms with van der Waals surface area (Å²) in [4.78, 5) is 6.98. The van der Waals surface area contributed by atoms with Crippen molar-refractivity contribution in [3.05, 3.63) is 16.1 Å². The predicted octanol–water partition coefficient (Wildman–Crippen LogP) is 2.36. The molecule has 19 heavy (non-hydrogen) atoms. The Kier molecular flexibility index (Phi) is 5.76. The third kappa shape index (κ3) is 4.84. The van der Waals surface area contributed by atoms with E-state index < -0.39 is 0 Å². The van der Waals surface area contributed by atoms with Crippen LogP contribution < -0.4 is 0 Å². The molecule has 0 atom stereocenters. The molecule has 4 nitrogen and oxygen atoms in total. The summed E-state index contributed by atoms with van der Waals surface area (Å²) in [6.07, 6.45) is 0. The number of hydrogen-bond donors (Lipinski definition) is 0. The Balaban J connectivity index is 1.80. The van der Waals surface area contributed by atoms with Crippen molar-refractivity contribution in [1.29, 1.82) is 0 Å². The minimum absolute atomic E-state index is 0.468. The molecule has 1 saturated heterocycles. The van der Waals surface area contributed by atoms with Crippen molar-refractivity contribution in [1.82, 2.24) is 9.88 Å². The maximum Gasteiger partial charge on any atom is 0.0954 e. The van der Waals surface area contributed by atoms with E-state index in [9.17, 15) is 0 Å². The van der Waals surface area contributed by atoms with Crippen LogP contribution in [0.15, 0.2) is 5.38 Å². The van der Waals surface area contributed by atoms with E-state index in [0.29, 0.717) is 11.8 Å². The summed E-state index contributed by atoms with van der Waals surface area (Å²) in [6, 6.07) is 0. The van der Waals surface area contributed by atoms with Crippen LogP contribution in [0.3, 0.4) is 0 Å². The highest BCUT2D eigenvalue weighted by Crippen LogP contribution is 2.20. The molecule has 0 aliphatic carbocycles. The summed E-state index contributed by atoms with van der Waals surface area (Å²) in [5.74, 6) is 0.989. The molecule has 0 N–H and O–H groups in total. The van der Waals surface area contributed by atoms with Crippen molar-refractivity contribution >= 4 is 11.3 Å². The highest BCUT2D eigenvalue weighted by Gasteiger charge is 2.16. The highest BCUT2D eigenvalue weighted by molar-refractivity contribution is 7.09. The summed E-state index contributed by atoms with van der Waals surface area (Å²) < 4.78 is 11.1. The molecular weight excluding hydrogens is 260 g/mol. The van der Waals surface area contributed by atoms with E-state index >= 15 is 0 Å². The number of nitrogens with zero attached hydrogens (tertiary/aromatic N) is 2. The van der Waals surface area contributed by atoms with Crippen LogP contribution >= 0.6 is 11.3 Å². The third-order valence-electron chi connectivity index (χ3n) is 3.14. The second-order valence-corrected chi connectivity index (χ2v) is 6.43. The van der Waals surface area contributed by atoms with E-state index in [1.54, 1.807) is 11.3 Å². The van der Waals surface area contributed by atoms with Crippen LogP contribution in [0, 0.1) is 5.92 Å². The lowest BCUT2D eigenvalue weighted by Gasteiger charge is -2.21. The van der Waals surface area contributed by atoms with Crippen molar-refractivity contribution in [3.63, 3.8) is 0 Å². The zero-order chi connectivity index (χ0) is 13.7. The fraction of sp³-hybridized carbons (Fsp3) is 0.786. The Morgan fingerprint density at radius 3 is 2.63 bits per heavy atom. The molecule has 1 aromatic heterocycles. The normalized spacial score (nSPS) is 18.2. The molecule has 0 radical (unpaired) electrons. The molecule has 5 heteroatoms. The number of hydrogen-bond acceptors (Lipinski definition) is 5. The van der Waals surface area contributed by atoms with Gasteiger partial charge < -0.3 is 14.4 Å². The first-order valence-corrected chi connectivity index (χ1v) is 7.81. The quantitative estimate of drug-likeness (QED) is 0.831. The monoisotopic (exact) mass is 284 g/mol. The van der Waals surface area contributed by atoms with Gasteiger partial charge in [-0.05, 0) is 7.05 Å². The van der Waals surface area contributed by atoms with E-state index in [1.807, 2.05) is 0 Å². The van der Waals surface area contributed by atoms with Gasteiger partial charge in [-0.1, -0.05) is 13.8 Å². The standard InChI is InChI=1S/C14H24N2O2S/c1-11(2)14-15-13(10-19-14)7-16(3)6-12-8-17-4-5-18-9-12/h10-12H,4-9H2,1-3H3. The van der Waals surface area contributed by atoms with Gasteiger partial charge in [0.05, 0.1) is 37.1 Å². The van der Waals surface area contributed by atoms with Crippen molar-refractivity contribution in [2.24, 2.45) is 5.92 Å². The van der Waals surface area contributed by atoms with E-state index in [-0.39, 0.29) is 0 Å². The van der Waals surface area contributed by atoms with Gasteiger partial charge in [-0.15, -0.1) is 11.3 Å². The van der Waals surface area contributed by atoms with Crippen LogP contribution in [0.2, 0.25) is 0 Å². The maximum absolute atomic E-state index is 5.53. The second-order valence-electron chi connectivity index (χ2n) is 5.54. The van der Waals surface area contributed by atoms with Crippen molar-refractivity contribution < 1.29 is 9.47 Å². The maximum atomic E-state index is 5.53. The van der Waals surface area contributed by atoms with E-state index in [2.05, 4.69) is 36.2 Å². The van der Waals surface area contributed by atoms with Crippen LogP contribution in [-0.4, -0.2) is 49.9 Å². The minimum Gasteiger partial charge on any atom is -0.379 e. The first-order chi connectivity index (χ1) is 9.15. The van der Waals surface area contributed by atoms with Crippen molar-refractivity contribution in [2.75, 3.05) is 40.0 Å². The minimum atomic E-state index is 0.468. The van der Waals surface area contributed by atoms with Crippen LogP contribution in [0.5, 0.6) is 0 Å². The lowest BCUT2D eigenvalue weighted by Crippen LogP contribution is -2.29. The Morgan fingerprint density at radius 2 is 2.05 bits per heavy atom. The first-order valence-electron chi connectivity index (χ1n) is 6.93. The van der Waals surface area contributed by atoms with Crippen LogP contribution in [0.4, 0.5) is 0 Å². The van der Waals surface area contributed by atoms with Gasteiger partial charge in [-0.2, -0.15) is 0 Å². The van der Waals surface area contributed by atoms with E-state index in [1.165, 1.54) is 10.7 Å². The lowest BCUT2D eigenvalue weighted by molar-refractivity contribution is 0.103. The molecule has 0 bridgehead atoms. The largest absolute Gasteiger partial charge is 0.379 e. The molecule has 0 spiro atoms. The fourth-order valence-corrected chi connectivity index (χ4v) is 3.04. The molecule has 0 amide bonds. The fourth-order valence-electron chi connectivity index (χ4n) is 2.21. The Hall–Kier alpha value is -0.490. The zero-order valence-corrected chi connectivity index (χ0v) is 12.9. The molecular formula is C14H24N2O2S. The summed E-state index contributed by atoms with van der Waals surface area (Å²) in [6.45, 7) is 9.33. The van der Waals surface area contributed by atoms with Gasteiger partial charge >= 0.3 is 0 Å². The molecule has 1 aliphatic rings. The van der Waals surface area contributed by atoms with Crippen LogP contribution in [0.1, 0.15) is 30.5 Å². The van der Waals surface area contributed by atoms with Crippen molar-refractivity contribution in [2.45, 2.75) is 26.3 Å². The van der Waals surface area contributed by atoms with Gasteiger partial charge in [-0.25, -0.2) is 4.98 Å². The predicted molar refractivity (Wildman–Crippen MR) is 77.7 cm³/mol. The summed E-state index contributed by atoms with van der Waals surface area (Å²) in [7, 11) is 2.14. The SMILES string of the molecule is CC(C)c1nc(CN(C)CC2COCCOC2)cs1. The van der Waals surface area contributed by atoms with E-state index in [0.717, 1.165) is 39.5 Å². The smallest absolute Gasteiger partial charge is 0.0954 e. The molecule has 1 fully saturated rings. The molecule has 2 heterocycles. The van der Waals surface area contributed by atoms with Gasteiger partial charge in [0, 0.05) is 30.3 Å². The molecule has 1 aliphatic heterocycles. The highest BCUT2D eigenvalue weighted by atomic mass is 32.1. The Morgan fingerprint density at radius 1 is 1.37 bits per heavy atom. The molecule has 0 unspecified atom stereocenters. The Labute approximate surface area is 119 Å². The number of thiazole rings is 1. The molecule has 0 aromatic carbocycles. The second kappa shape index (κ2) is 7.33. The molecule has 0 saturated carbocycles. The number of aromatic nitrogens is 1. The molecule has 1 aromatic rings. The topological polar surface area (TPSA) is 34.6 Å². The van der Waals surface area contributed by atoms with Crippen molar-refractivity contribution in [3.8, 4) is 0 Å². The summed E-state index contributed by atoms with van der Waals surface area (Å²) in [5, 5.41) is 3.40. The van der Waals surface area contributed by atoms with Gasteiger partial charge in [0.2, 0.25) is 0 Å². The third-order valence-corrected chi connectivity index (χ3v) is 4.34. The van der Waals surface area contributed by atoms with Gasteiger partial charge in [0.1, 0.15) is 0 Å². The Bertz CT molecular complexity index is 373. The average molecular weight is 284 g/mol. The van der Waals surface area contributed by atoms with Crippen LogP contribution in [0.25, 0.3) is 0 Å². The summed E-state index contributed by atoms with van der Waals surface area (Å²) in [5.41, 5.74) is 1.17. The number of rotatable bonds is 5. The van der Waals surface area contributed by atoms with Gasteiger partial charge in [0.15, 0.2) is 0 Å². The molecule has 2 rings (SSSR count).